The number of carbonyl (C=O) groups is 2. The Morgan fingerprint density at radius 1 is 1.20 bits per heavy atom. The summed E-state index contributed by atoms with van der Waals surface area (Å²) in [5, 5.41) is 2.80. The molecule has 0 spiro atoms. The molecule has 2 saturated heterocycles. The topological polar surface area (TPSA) is 80.3 Å². The van der Waals surface area contributed by atoms with Gasteiger partial charge in [0.1, 0.15) is 5.69 Å². The summed E-state index contributed by atoms with van der Waals surface area (Å²) in [4.78, 5) is 41.4. The van der Waals surface area contributed by atoms with Crippen molar-refractivity contribution in [3.63, 3.8) is 0 Å². The number of rotatable bonds is 4. The lowest BCUT2D eigenvalue weighted by Gasteiger charge is -2.45. The van der Waals surface area contributed by atoms with E-state index in [2.05, 4.69) is 5.32 Å². The van der Waals surface area contributed by atoms with Gasteiger partial charge >= 0.3 is 0 Å². The second kappa shape index (κ2) is 8.51. The Labute approximate surface area is 177 Å². The Hall–Kier alpha value is -2.19. The molecule has 2 fully saturated rings. The number of piperidine rings is 2. The van der Waals surface area contributed by atoms with Crippen LogP contribution < -0.4 is 20.7 Å². The minimum Gasteiger partial charge on any atom is -0.342 e. The van der Waals surface area contributed by atoms with E-state index in [1.165, 1.54) is 0 Å². The highest BCUT2D eigenvalue weighted by molar-refractivity contribution is 5.91. The molecule has 8 nitrogen and oxygen atoms in total. The van der Waals surface area contributed by atoms with E-state index in [0.717, 1.165) is 62.6 Å². The van der Waals surface area contributed by atoms with E-state index in [1.807, 2.05) is 29.6 Å². The minimum absolute atomic E-state index is 0.0671. The van der Waals surface area contributed by atoms with E-state index in [1.54, 1.807) is 17.9 Å². The van der Waals surface area contributed by atoms with Crippen LogP contribution in [0.1, 0.15) is 37.8 Å². The molecule has 2 amide bonds. The van der Waals surface area contributed by atoms with Gasteiger partial charge in [-0.3, -0.25) is 14.4 Å². The molecular weight excluding hydrogens is 382 g/mol. The third-order valence-corrected chi connectivity index (χ3v) is 7.05. The zero-order valence-electron chi connectivity index (χ0n) is 18.4. The number of pyridine rings is 1. The van der Waals surface area contributed by atoms with Crippen LogP contribution in [0.2, 0.25) is 0 Å². The average molecular weight is 418 g/mol. The second-order valence-electron chi connectivity index (χ2n) is 9.67. The highest BCUT2D eigenvalue weighted by atomic mass is 16.2. The van der Waals surface area contributed by atoms with Gasteiger partial charge in [-0.25, -0.2) is 0 Å². The molecule has 4 heterocycles. The molecule has 3 N–H and O–H groups in total. The summed E-state index contributed by atoms with van der Waals surface area (Å²) in [6.45, 7) is 6.62. The molecule has 1 aromatic heterocycles. The molecule has 8 heteroatoms. The van der Waals surface area contributed by atoms with Crippen LogP contribution in [-0.4, -0.2) is 74.1 Å². The van der Waals surface area contributed by atoms with Gasteiger partial charge < -0.3 is 24.6 Å². The summed E-state index contributed by atoms with van der Waals surface area (Å²) in [5.41, 5.74) is 1.44. The lowest BCUT2D eigenvalue weighted by molar-refractivity contribution is -0.937. The largest absolute Gasteiger partial charge is 0.342 e. The van der Waals surface area contributed by atoms with Crippen LogP contribution in [-0.2, 0) is 16.1 Å². The van der Waals surface area contributed by atoms with Crippen molar-refractivity contribution >= 4 is 17.5 Å². The third kappa shape index (κ3) is 4.30. The van der Waals surface area contributed by atoms with Gasteiger partial charge in [0.15, 0.2) is 6.54 Å². The van der Waals surface area contributed by atoms with E-state index in [0.29, 0.717) is 30.1 Å². The standard InChI is InChI=1S/C22H33N5O3/c1-15(28)25-8-6-18(7-9-25)26-11-16-10-17(13-26)20-5-4-19(22(30)27(20)12-16)23-21(29)14-24(2)3/h4-5,16-18H,6-14H2,1-3H3,(H,23,29)/p+2/t16-,17+/m0/s1. The van der Waals surface area contributed by atoms with Gasteiger partial charge in [0.25, 0.3) is 11.5 Å². The first kappa shape index (κ1) is 21.1. The van der Waals surface area contributed by atoms with Gasteiger partial charge in [0, 0.05) is 56.9 Å². The SMILES string of the molecule is CC(=O)N1CCC([NH+]2C[C@@H]3C[C@H](C2)c2ccc(NC(=O)C[NH+](C)C)c(=O)n2C3)CC1. The van der Waals surface area contributed by atoms with Gasteiger partial charge in [-0.1, -0.05) is 0 Å². The number of aromatic nitrogens is 1. The van der Waals surface area contributed by atoms with E-state index in [9.17, 15) is 14.4 Å². The molecule has 1 unspecified atom stereocenters. The van der Waals surface area contributed by atoms with Crippen molar-refractivity contribution in [2.24, 2.45) is 5.92 Å². The van der Waals surface area contributed by atoms with Crippen molar-refractivity contribution in [1.29, 1.82) is 0 Å². The van der Waals surface area contributed by atoms with Crippen LogP contribution >= 0.6 is 0 Å². The molecule has 0 radical (unpaired) electrons. The molecule has 30 heavy (non-hydrogen) atoms. The zero-order valence-corrected chi connectivity index (χ0v) is 18.4. The van der Waals surface area contributed by atoms with Crippen molar-refractivity contribution < 1.29 is 19.4 Å². The Balaban J connectivity index is 1.46. The minimum atomic E-state index is -0.129. The Morgan fingerprint density at radius 2 is 1.93 bits per heavy atom. The first-order chi connectivity index (χ1) is 14.3. The molecular formula is C22H35N5O3+2. The Kier molecular flexibility index (Phi) is 5.97. The lowest BCUT2D eigenvalue weighted by Crippen LogP contribution is -3.18. The average Bonchev–Trinajstić information content (AvgIpc) is 2.70. The molecule has 3 atom stereocenters. The van der Waals surface area contributed by atoms with E-state index >= 15 is 0 Å². The number of amides is 2. The molecule has 4 rings (SSSR count). The third-order valence-electron chi connectivity index (χ3n) is 7.05. The fourth-order valence-electron chi connectivity index (χ4n) is 5.65. The van der Waals surface area contributed by atoms with Crippen molar-refractivity contribution in [1.82, 2.24) is 9.47 Å². The first-order valence-corrected chi connectivity index (χ1v) is 11.2. The lowest BCUT2D eigenvalue weighted by atomic mass is 9.82. The summed E-state index contributed by atoms with van der Waals surface area (Å²) in [5.74, 6) is 0.937. The van der Waals surface area contributed by atoms with Crippen molar-refractivity contribution in [3.8, 4) is 0 Å². The van der Waals surface area contributed by atoms with Crippen LogP contribution in [0.4, 0.5) is 5.69 Å². The fourth-order valence-corrected chi connectivity index (χ4v) is 5.65. The highest BCUT2D eigenvalue weighted by Gasteiger charge is 2.41. The van der Waals surface area contributed by atoms with Gasteiger partial charge in [-0.2, -0.15) is 0 Å². The molecule has 0 aliphatic carbocycles. The van der Waals surface area contributed by atoms with Gasteiger partial charge in [-0.05, 0) is 18.6 Å². The summed E-state index contributed by atoms with van der Waals surface area (Å²) in [6, 6.07) is 4.44. The number of quaternary nitrogens is 2. The normalized spacial score (nSPS) is 26.4. The summed E-state index contributed by atoms with van der Waals surface area (Å²) in [7, 11) is 3.83. The number of fused-ring (bicyclic) bond motifs is 4. The van der Waals surface area contributed by atoms with E-state index < -0.39 is 0 Å². The van der Waals surface area contributed by atoms with Crippen LogP contribution in [0.5, 0.6) is 0 Å². The number of nitrogens with zero attached hydrogens (tertiary/aromatic N) is 2. The highest BCUT2D eigenvalue weighted by Crippen LogP contribution is 2.31. The van der Waals surface area contributed by atoms with Crippen molar-refractivity contribution in [3.05, 3.63) is 28.2 Å². The summed E-state index contributed by atoms with van der Waals surface area (Å²) < 4.78 is 1.91. The summed E-state index contributed by atoms with van der Waals surface area (Å²) in [6.07, 6.45) is 3.28. The van der Waals surface area contributed by atoms with E-state index in [4.69, 9.17) is 0 Å². The van der Waals surface area contributed by atoms with Gasteiger partial charge in [0.2, 0.25) is 5.91 Å². The van der Waals surface area contributed by atoms with Crippen LogP contribution in [0.15, 0.2) is 16.9 Å². The van der Waals surface area contributed by atoms with E-state index in [-0.39, 0.29) is 17.4 Å². The predicted molar refractivity (Wildman–Crippen MR) is 114 cm³/mol. The number of likely N-dealkylation sites (N-methyl/N-ethyl adjacent to an activating group) is 1. The fraction of sp³-hybridized carbons (Fsp3) is 0.682. The molecule has 164 valence electrons. The number of carbonyl (C=O) groups excluding carboxylic acids is 2. The molecule has 0 saturated carbocycles. The number of hydrogen-bond acceptors (Lipinski definition) is 3. The first-order valence-electron chi connectivity index (χ1n) is 11.2. The van der Waals surface area contributed by atoms with Crippen LogP contribution in [0, 0.1) is 5.92 Å². The number of anilines is 1. The summed E-state index contributed by atoms with van der Waals surface area (Å²) >= 11 is 0. The number of likely N-dealkylation sites (tertiary alicyclic amines) is 2. The zero-order chi connectivity index (χ0) is 21.4. The van der Waals surface area contributed by atoms with Crippen LogP contribution in [0.25, 0.3) is 0 Å². The maximum Gasteiger partial charge on any atom is 0.279 e. The monoisotopic (exact) mass is 417 g/mol. The maximum atomic E-state index is 13.0. The van der Waals surface area contributed by atoms with Gasteiger partial charge in [-0.15, -0.1) is 0 Å². The van der Waals surface area contributed by atoms with Crippen LogP contribution in [0.3, 0.4) is 0 Å². The Bertz CT molecular complexity index is 872. The quantitative estimate of drug-likeness (QED) is 0.527. The molecule has 3 aliphatic heterocycles. The molecule has 3 aliphatic rings. The second-order valence-corrected chi connectivity index (χ2v) is 9.67. The van der Waals surface area contributed by atoms with Crippen molar-refractivity contribution in [2.75, 3.05) is 52.1 Å². The molecule has 1 aromatic rings. The smallest absolute Gasteiger partial charge is 0.279 e. The van der Waals surface area contributed by atoms with Crippen molar-refractivity contribution in [2.45, 2.75) is 44.7 Å². The molecule has 0 aromatic carbocycles. The number of hydrogen-bond donors (Lipinski definition) is 3. The van der Waals surface area contributed by atoms with Gasteiger partial charge in [0.05, 0.1) is 33.2 Å². The molecule has 2 bridgehead atoms. The Morgan fingerprint density at radius 3 is 2.60 bits per heavy atom. The predicted octanol–water partition coefficient (Wildman–Crippen LogP) is -2.06. The number of nitrogens with one attached hydrogen (secondary N) is 3. The maximum absolute atomic E-state index is 13.0.